The van der Waals surface area contributed by atoms with E-state index >= 15 is 0 Å². The molecule has 5 nitrogen and oxygen atoms in total. The SMILES string of the molecule is COc1ccc(C(NCC(=O)NCCOc2cccc(C)c2)C2CC2)cc1. The molecule has 2 aromatic rings. The van der Waals surface area contributed by atoms with E-state index in [1.165, 1.54) is 18.4 Å². The number of methoxy groups -OCH3 is 1. The van der Waals surface area contributed by atoms with Gasteiger partial charge in [-0.15, -0.1) is 0 Å². The second kappa shape index (κ2) is 9.42. The summed E-state index contributed by atoms with van der Waals surface area (Å²) in [5.74, 6) is 2.27. The summed E-state index contributed by atoms with van der Waals surface area (Å²) in [5.41, 5.74) is 2.36. The minimum Gasteiger partial charge on any atom is -0.497 e. The summed E-state index contributed by atoms with van der Waals surface area (Å²) in [4.78, 5) is 12.1. The summed E-state index contributed by atoms with van der Waals surface area (Å²) in [6, 6.07) is 16.2. The lowest BCUT2D eigenvalue weighted by Crippen LogP contribution is -2.38. The van der Waals surface area contributed by atoms with Gasteiger partial charge in [0.2, 0.25) is 5.91 Å². The Balaban J connectivity index is 1.40. The van der Waals surface area contributed by atoms with Crippen LogP contribution < -0.4 is 20.1 Å². The molecule has 0 aliphatic heterocycles. The van der Waals surface area contributed by atoms with Gasteiger partial charge in [0.1, 0.15) is 18.1 Å². The average molecular weight is 368 g/mol. The molecule has 0 saturated heterocycles. The molecule has 0 radical (unpaired) electrons. The monoisotopic (exact) mass is 368 g/mol. The van der Waals surface area contributed by atoms with Crippen molar-refractivity contribution in [1.29, 1.82) is 0 Å². The van der Waals surface area contributed by atoms with Gasteiger partial charge in [-0.2, -0.15) is 0 Å². The molecule has 27 heavy (non-hydrogen) atoms. The van der Waals surface area contributed by atoms with Gasteiger partial charge in [-0.25, -0.2) is 0 Å². The van der Waals surface area contributed by atoms with Crippen molar-refractivity contribution in [2.75, 3.05) is 26.8 Å². The van der Waals surface area contributed by atoms with Gasteiger partial charge in [-0.1, -0.05) is 24.3 Å². The summed E-state index contributed by atoms with van der Waals surface area (Å²) in [7, 11) is 1.67. The fourth-order valence-electron chi connectivity index (χ4n) is 3.13. The first kappa shape index (κ1) is 19.2. The van der Waals surface area contributed by atoms with Crippen molar-refractivity contribution < 1.29 is 14.3 Å². The normalized spacial score (nSPS) is 14.4. The van der Waals surface area contributed by atoms with Crippen LogP contribution in [0.25, 0.3) is 0 Å². The molecule has 2 aromatic carbocycles. The average Bonchev–Trinajstić information content (AvgIpc) is 3.51. The van der Waals surface area contributed by atoms with Crippen molar-refractivity contribution in [2.24, 2.45) is 5.92 Å². The highest BCUT2D eigenvalue weighted by molar-refractivity contribution is 5.78. The van der Waals surface area contributed by atoms with Gasteiger partial charge in [-0.3, -0.25) is 4.79 Å². The fraction of sp³-hybridized carbons (Fsp3) is 0.409. The zero-order chi connectivity index (χ0) is 19.1. The predicted molar refractivity (Wildman–Crippen MR) is 106 cm³/mol. The van der Waals surface area contributed by atoms with Crippen LogP contribution in [0.4, 0.5) is 0 Å². The largest absolute Gasteiger partial charge is 0.497 e. The van der Waals surface area contributed by atoms with Crippen molar-refractivity contribution in [2.45, 2.75) is 25.8 Å². The number of ether oxygens (including phenoxy) is 2. The number of carbonyl (C=O) groups excluding carboxylic acids is 1. The Morgan fingerprint density at radius 3 is 2.59 bits per heavy atom. The molecule has 0 spiro atoms. The molecule has 1 aliphatic carbocycles. The number of aryl methyl sites for hydroxylation is 1. The first-order chi connectivity index (χ1) is 13.2. The van der Waals surface area contributed by atoms with Crippen molar-refractivity contribution in [3.63, 3.8) is 0 Å². The van der Waals surface area contributed by atoms with Crippen LogP contribution in [0.1, 0.15) is 30.0 Å². The van der Waals surface area contributed by atoms with E-state index in [2.05, 4.69) is 22.8 Å². The molecular weight excluding hydrogens is 340 g/mol. The lowest BCUT2D eigenvalue weighted by Gasteiger charge is -2.19. The Kier molecular flexibility index (Phi) is 6.71. The smallest absolute Gasteiger partial charge is 0.234 e. The topological polar surface area (TPSA) is 59.6 Å². The number of benzene rings is 2. The number of rotatable bonds is 10. The molecule has 3 rings (SSSR count). The molecule has 1 fully saturated rings. The third-order valence-corrected chi connectivity index (χ3v) is 4.73. The zero-order valence-electron chi connectivity index (χ0n) is 16.0. The predicted octanol–water partition coefficient (Wildman–Crippen LogP) is 3.24. The molecular formula is C22H28N2O3. The Hall–Kier alpha value is -2.53. The lowest BCUT2D eigenvalue weighted by atomic mass is 10.0. The summed E-state index contributed by atoms with van der Waals surface area (Å²) in [5, 5.41) is 6.31. The Labute approximate surface area is 161 Å². The van der Waals surface area contributed by atoms with E-state index in [-0.39, 0.29) is 11.9 Å². The number of hydrogen-bond donors (Lipinski definition) is 2. The van der Waals surface area contributed by atoms with Crippen molar-refractivity contribution in [3.05, 3.63) is 59.7 Å². The third-order valence-electron chi connectivity index (χ3n) is 4.73. The first-order valence-electron chi connectivity index (χ1n) is 9.49. The van der Waals surface area contributed by atoms with E-state index in [4.69, 9.17) is 9.47 Å². The van der Waals surface area contributed by atoms with Crippen LogP contribution in [0.5, 0.6) is 11.5 Å². The maximum Gasteiger partial charge on any atom is 0.234 e. The van der Waals surface area contributed by atoms with Gasteiger partial charge >= 0.3 is 0 Å². The van der Waals surface area contributed by atoms with Gasteiger partial charge in [0, 0.05) is 6.04 Å². The quantitative estimate of drug-likeness (QED) is 0.632. The number of hydrogen-bond acceptors (Lipinski definition) is 4. The first-order valence-corrected chi connectivity index (χ1v) is 9.49. The molecule has 0 aromatic heterocycles. The van der Waals surface area contributed by atoms with Crippen molar-refractivity contribution in [1.82, 2.24) is 10.6 Å². The molecule has 1 atom stereocenters. The number of nitrogens with one attached hydrogen (secondary N) is 2. The summed E-state index contributed by atoms with van der Waals surface area (Å²) >= 11 is 0. The maximum atomic E-state index is 12.1. The minimum atomic E-state index is -0.0120. The Morgan fingerprint density at radius 1 is 1.15 bits per heavy atom. The van der Waals surface area contributed by atoms with Crippen LogP contribution >= 0.6 is 0 Å². The Bertz CT molecular complexity index is 741. The standard InChI is InChI=1S/C22H28N2O3/c1-16-4-3-5-20(14-16)27-13-12-23-21(25)15-24-22(17-6-7-17)18-8-10-19(26-2)11-9-18/h3-5,8-11,14,17,22,24H,6-7,12-13,15H2,1-2H3,(H,23,25). The summed E-state index contributed by atoms with van der Waals surface area (Å²) in [6.07, 6.45) is 2.41. The van der Waals surface area contributed by atoms with Crippen LogP contribution in [0.15, 0.2) is 48.5 Å². The van der Waals surface area contributed by atoms with E-state index < -0.39 is 0 Å². The zero-order valence-corrected chi connectivity index (χ0v) is 16.0. The van der Waals surface area contributed by atoms with Gasteiger partial charge in [0.25, 0.3) is 0 Å². The second-order valence-electron chi connectivity index (χ2n) is 6.98. The van der Waals surface area contributed by atoms with Crippen LogP contribution in [-0.4, -0.2) is 32.7 Å². The number of carbonyl (C=O) groups is 1. The van der Waals surface area contributed by atoms with Crippen LogP contribution in [0.3, 0.4) is 0 Å². The third kappa shape index (κ3) is 6.00. The molecule has 0 heterocycles. The van der Waals surface area contributed by atoms with E-state index in [0.717, 1.165) is 17.1 Å². The van der Waals surface area contributed by atoms with Crippen LogP contribution in [-0.2, 0) is 4.79 Å². The van der Waals surface area contributed by atoms with Crippen LogP contribution in [0.2, 0.25) is 0 Å². The van der Waals surface area contributed by atoms with Crippen LogP contribution in [0, 0.1) is 12.8 Å². The van der Waals surface area contributed by atoms with E-state index in [9.17, 15) is 4.79 Å². The molecule has 1 amide bonds. The molecule has 0 bridgehead atoms. The maximum absolute atomic E-state index is 12.1. The highest BCUT2D eigenvalue weighted by Crippen LogP contribution is 2.41. The van der Waals surface area contributed by atoms with Gasteiger partial charge < -0.3 is 20.1 Å². The summed E-state index contributed by atoms with van der Waals surface area (Å²) < 4.78 is 10.9. The second-order valence-corrected chi connectivity index (χ2v) is 6.98. The molecule has 1 unspecified atom stereocenters. The van der Waals surface area contributed by atoms with Gasteiger partial charge in [0.15, 0.2) is 0 Å². The molecule has 1 saturated carbocycles. The fourth-order valence-corrected chi connectivity index (χ4v) is 3.13. The molecule has 1 aliphatic rings. The molecule has 5 heteroatoms. The minimum absolute atomic E-state index is 0.0120. The summed E-state index contributed by atoms with van der Waals surface area (Å²) in [6.45, 7) is 3.28. The lowest BCUT2D eigenvalue weighted by molar-refractivity contribution is -0.120. The molecule has 144 valence electrons. The Morgan fingerprint density at radius 2 is 1.93 bits per heavy atom. The number of amides is 1. The van der Waals surface area contributed by atoms with Crippen molar-refractivity contribution in [3.8, 4) is 11.5 Å². The highest BCUT2D eigenvalue weighted by Gasteiger charge is 2.32. The van der Waals surface area contributed by atoms with Gasteiger partial charge in [-0.05, 0) is 61.1 Å². The van der Waals surface area contributed by atoms with E-state index in [1.807, 2.05) is 43.3 Å². The molecule has 2 N–H and O–H groups in total. The van der Waals surface area contributed by atoms with E-state index in [0.29, 0.717) is 25.6 Å². The van der Waals surface area contributed by atoms with Gasteiger partial charge in [0.05, 0.1) is 20.2 Å². The van der Waals surface area contributed by atoms with E-state index in [1.54, 1.807) is 7.11 Å². The highest BCUT2D eigenvalue weighted by atomic mass is 16.5. The van der Waals surface area contributed by atoms with Crippen molar-refractivity contribution >= 4 is 5.91 Å².